The molecule has 0 unspecified atom stereocenters. The van der Waals surface area contributed by atoms with E-state index in [2.05, 4.69) is 155 Å². The molecule has 7 aromatic carbocycles. The van der Waals surface area contributed by atoms with Crippen LogP contribution in [0.3, 0.4) is 0 Å². The molecule has 0 aromatic heterocycles. The van der Waals surface area contributed by atoms with Crippen LogP contribution in [0.15, 0.2) is 155 Å². The maximum atomic E-state index is 7.90. The minimum absolute atomic E-state index is 0.111. The summed E-state index contributed by atoms with van der Waals surface area (Å²) in [5, 5.41) is 2.30. The summed E-state index contributed by atoms with van der Waals surface area (Å²) >= 11 is 1.82. The summed E-state index contributed by atoms with van der Waals surface area (Å²) in [6.45, 7) is 9.91. The first-order chi connectivity index (χ1) is 29.5. The second-order valence-electron chi connectivity index (χ2n) is 18.6. The third kappa shape index (κ3) is 6.52. The summed E-state index contributed by atoms with van der Waals surface area (Å²) in [4.78, 5) is 2.38. The van der Waals surface area contributed by atoms with Crippen LogP contribution in [0.4, 0.5) is 0 Å². The fourth-order valence-electron chi connectivity index (χ4n) is 11.5. The van der Waals surface area contributed by atoms with Gasteiger partial charge in [-0.1, -0.05) is 124 Å². The predicted molar refractivity (Wildman–Crippen MR) is 251 cm³/mol. The van der Waals surface area contributed by atoms with Crippen molar-refractivity contribution in [3.8, 4) is 45.3 Å². The van der Waals surface area contributed by atoms with Gasteiger partial charge in [0.15, 0.2) is 5.60 Å². The van der Waals surface area contributed by atoms with Crippen molar-refractivity contribution in [1.82, 2.24) is 0 Å². The fourth-order valence-corrected chi connectivity index (χ4v) is 12.5. The van der Waals surface area contributed by atoms with Crippen molar-refractivity contribution < 1.29 is 18.9 Å². The number of hydrogen-bond donors (Lipinski definition) is 0. The summed E-state index contributed by atoms with van der Waals surface area (Å²) in [5.41, 5.74) is 10.0. The molecule has 4 nitrogen and oxygen atoms in total. The van der Waals surface area contributed by atoms with E-state index >= 15 is 0 Å². The maximum Gasteiger partial charge on any atom is 0.178 e. The average Bonchev–Trinajstić information content (AvgIpc) is 3.53. The first-order valence-electron chi connectivity index (χ1n) is 21.3. The third-order valence-electron chi connectivity index (χ3n) is 13.3. The lowest BCUT2D eigenvalue weighted by Crippen LogP contribution is -2.44. The second-order valence-corrected chi connectivity index (χ2v) is 19.8. The van der Waals surface area contributed by atoms with E-state index in [1.54, 1.807) is 21.3 Å². The smallest absolute Gasteiger partial charge is 0.178 e. The van der Waals surface area contributed by atoms with Crippen LogP contribution in [0.25, 0.3) is 39.1 Å². The van der Waals surface area contributed by atoms with E-state index in [4.69, 9.17) is 18.9 Å². The van der Waals surface area contributed by atoms with E-state index in [1.807, 2.05) is 36.0 Å². The predicted octanol–water partition coefficient (Wildman–Crippen LogP) is 14.5. The van der Waals surface area contributed by atoms with Crippen LogP contribution >= 0.6 is 11.8 Å². The molecule has 7 aromatic rings. The van der Waals surface area contributed by atoms with Gasteiger partial charge in [0.25, 0.3) is 0 Å². The molecule has 0 atom stereocenters. The molecule has 1 saturated carbocycles. The number of fused-ring (bicyclic) bond motifs is 10. The van der Waals surface area contributed by atoms with E-state index in [1.165, 1.54) is 49.4 Å². The molecule has 1 spiro atoms. The van der Waals surface area contributed by atoms with Crippen molar-refractivity contribution in [3.63, 3.8) is 0 Å². The monoisotopic (exact) mass is 820 g/mol. The summed E-state index contributed by atoms with van der Waals surface area (Å²) in [7, 11) is 5.14. The van der Waals surface area contributed by atoms with E-state index in [0.717, 1.165) is 63.5 Å². The van der Waals surface area contributed by atoms with Crippen LogP contribution in [0.1, 0.15) is 74.8 Å². The molecule has 3 aliphatic rings. The van der Waals surface area contributed by atoms with E-state index in [9.17, 15) is 0 Å². The molecule has 0 N–H and O–H groups in total. The SMILES string of the molecule is COc1ccc(-c2cc3c4c(c5c(c3cc2Sc2ccccc2)-c2ccccc2C52CC(C)(C)CC(C)(C)C2)C=CC(c2ccc(OC)cc2)(c2ccc(OC)cc2)O4)cc1. The van der Waals surface area contributed by atoms with Gasteiger partial charge in [0, 0.05) is 37.3 Å². The molecule has 0 saturated heterocycles. The topological polar surface area (TPSA) is 36.9 Å². The van der Waals surface area contributed by atoms with Gasteiger partial charge in [0.1, 0.15) is 23.0 Å². The van der Waals surface area contributed by atoms with Crippen molar-refractivity contribution >= 4 is 28.6 Å². The molecule has 5 heteroatoms. The molecule has 0 radical (unpaired) electrons. The van der Waals surface area contributed by atoms with Crippen LogP contribution < -0.4 is 18.9 Å². The summed E-state index contributed by atoms with van der Waals surface area (Å²) < 4.78 is 24.8. The first kappa shape index (κ1) is 39.2. The Morgan fingerprint density at radius 3 is 1.70 bits per heavy atom. The summed E-state index contributed by atoms with van der Waals surface area (Å²) in [6.07, 6.45) is 7.97. The standard InChI is InChI=1S/C56H52O4S/c1-53(2)33-54(3,4)35-55(34-53)48-16-12-11-15-43(48)50-46-32-49(61-42-13-9-8-10-14-42)45(36-17-23-39(57-5)24-18-36)31-47(46)52-44(51(50)55)29-30-56(60-52,37-19-25-40(58-6)26-20-37)38-21-27-41(59-7)28-22-38/h8-32H,33-35H2,1-7H3. The quantitative estimate of drug-likeness (QED) is 0.153. The van der Waals surface area contributed by atoms with Crippen molar-refractivity contribution in [2.24, 2.45) is 10.8 Å². The van der Waals surface area contributed by atoms with Gasteiger partial charge in [-0.2, -0.15) is 0 Å². The van der Waals surface area contributed by atoms with Crippen molar-refractivity contribution in [2.45, 2.75) is 67.8 Å². The van der Waals surface area contributed by atoms with Crippen LogP contribution in [-0.2, 0) is 11.0 Å². The molecular formula is C56H52O4S. The molecule has 306 valence electrons. The highest BCUT2D eigenvalue weighted by molar-refractivity contribution is 7.99. The molecular weight excluding hydrogens is 769 g/mol. The molecule has 1 aliphatic heterocycles. The zero-order chi connectivity index (χ0) is 42.1. The Labute approximate surface area is 364 Å². The summed E-state index contributed by atoms with van der Waals surface area (Å²) in [5.74, 6) is 3.33. The number of benzene rings is 7. The van der Waals surface area contributed by atoms with Gasteiger partial charge in [-0.05, 0) is 136 Å². The van der Waals surface area contributed by atoms with Crippen molar-refractivity contribution in [1.29, 1.82) is 0 Å². The van der Waals surface area contributed by atoms with Crippen LogP contribution in [0.2, 0.25) is 0 Å². The maximum absolute atomic E-state index is 7.90. The Morgan fingerprint density at radius 1 is 0.557 bits per heavy atom. The molecule has 61 heavy (non-hydrogen) atoms. The minimum atomic E-state index is -0.950. The van der Waals surface area contributed by atoms with Gasteiger partial charge in [-0.25, -0.2) is 0 Å². The molecule has 1 fully saturated rings. The van der Waals surface area contributed by atoms with E-state index < -0.39 is 5.60 Å². The molecule has 1 heterocycles. The highest BCUT2D eigenvalue weighted by Crippen LogP contribution is 2.67. The number of hydrogen-bond acceptors (Lipinski definition) is 5. The highest BCUT2D eigenvalue weighted by Gasteiger charge is 2.55. The number of rotatable bonds is 8. The fraction of sp³-hybridized carbons (Fsp3) is 0.250. The van der Waals surface area contributed by atoms with Crippen LogP contribution in [0.5, 0.6) is 23.0 Å². The van der Waals surface area contributed by atoms with Gasteiger partial charge >= 0.3 is 0 Å². The Hall–Kier alpha value is -5.91. The van der Waals surface area contributed by atoms with Crippen molar-refractivity contribution in [2.75, 3.05) is 21.3 Å². The lowest BCUT2D eigenvalue weighted by atomic mass is 9.52. The van der Waals surface area contributed by atoms with Gasteiger partial charge in [0.2, 0.25) is 0 Å². The van der Waals surface area contributed by atoms with Gasteiger partial charge in [-0.3, -0.25) is 0 Å². The van der Waals surface area contributed by atoms with Crippen LogP contribution in [-0.4, -0.2) is 21.3 Å². The second kappa shape index (κ2) is 14.6. The Kier molecular flexibility index (Phi) is 9.41. The zero-order valence-electron chi connectivity index (χ0n) is 36.1. The Bertz CT molecular complexity index is 2750. The summed E-state index contributed by atoms with van der Waals surface area (Å²) in [6, 6.07) is 50.0. The zero-order valence-corrected chi connectivity index (χ0v) is 36.9. The van der Waals surface area contributed by atoms with Gasteiger partial charge in [0.05, 0.1) is 21.3 Å². The van der Waals surface area contributed by atoms with Crippen LogP contribution in [0, 0.1) is 10.8 Å². The number of ether oxygens (including phenoxy) is 4. The Balaban J connectivity index is 1.33. The van der Waals surface area contributed by atoms with E-state index in [-0.39, 0.29) is 16.2 Å². The lowest BCUT2D eigenvalue weighted by Gasteiger charge is -2.52. The molecule has 2 aliphatic carbocycles. The number of methoxy groups -OCH3 is 3. The highest BCUT2D eigenvalue weighted by atomic mass is 32.2. The molecule has 10 rings (SSSR count). The van der Waals surface area contributed by atoms with Crippen molar-refractivity contribution in [3.05, 3.63) is 173 Å². The average molecular weight is 821 g/mol. The molecule has 0 bridgehead atoms. The Morgan fingerprint density at radius 2 is 1.11 bits per heavy atom. The minimum Gasteiger partial charge on any atom is -0.497 e. The third-order valence-corrected chi connectivity index (χ3v) is 14.3. The normalized spacial score (nSPS) is 17.2. The van der Waals surface area contributed by atoms with Gasteiger partial charge in [-0.15, -0.1) is 0 Å². The molecule has 0 amide bonds. The largest absolute Gasteiger partial charge is 0.497 e. The lowest BCUT2D eigenvalue weighted by molar-refractivity contribution is 0.0642. The van der Waals surface area contributed by atoms with E-state index in [0.29, 0.717) is 0 Å². The first-order valence-corrected chi connectivity index (χ1v) is 22.1. The van der Waals surface area contributed by atoms with Gasteiger partial charge < -0.3 is 18.9 Å².